The third-order valence-corrected chi connectivity index (χ3v) is 3.76. The molecular formula is C14H20O. The summed E-state index contributed by atoms with van der Waals surface area (Å²) in [6.45, 7) is 2.25. The number of hydrogen-bond acceptors (Lipinski definition) is 1. The lowest BCUT2D eigenvalue weighted by Crippen LogP contribution is -2.07. The fourth-order valence-electron chi connectivity index (χ4n) is 2.87. The third-order valence-electron chi connectivity index (χ3n) is 3.76. The van der Waals surface area contributed by atoms with Gasteiger partial charge in [-0.25, -0.2) is 0 Å². The standard InChI is InChI=1S/C14H20O/c1-11-6-2-4-8-13(11)14-9-5-3-7-12(14)10-15/h10H,2-9H2,1H3. The minimum atomic E-state index is 1.01. The van der Waals surface area contributed by atoms with Crippen molar-refractivity contribution < 1.29 is 4.79 Å². The Bertz CT molecular complexity index is 320. The van der Waals surface area contributed by atoms with E-state index in [4.69, 9.17) is 0 Å². The second-order valence-corrected chi connectivity index (χ2v) is 4.79. The van der Waals surface area contributed by atoms with Gasteiger partial charge in [-0.15, -0.1) is 0 Å². The molecule has 0 radical (unpaired) electrons. The number of rotatable bonds is 2. The maximum atomic E-state index is 11.0. The summed E-state index contributed by atoms with van der Waals surface area (Å²) >= 11 is 0. The summed E-state index contributed by atoms with van der Waals surface area (Å²) < 4.78 is 0. The Hall–Kier alpha value is -0.850. The molecule has 82 valence electrons. The van der Waals surface area contributed by atoms with E-state index >= 15 is 0 Å². The fraction of sp³-hybridized carbons (Fsp3) is 0.643. The highest BCUT2D eigenvalue weighted by Crippen LogP contribution is 2.36. The predicted molar refractivity (Wildman–Crippen MR) is 62.7 cm³/mol. The molecule has 0 aromatic heterocycles. The Morgan fingerprint density at radius 2 is 1.47 bits per heavy atom. The topological polar surface area (TPSA) is 17.1 Å². The SMILES string of the molecule is CC1=C(C2=C(C=O)CCCC2)CCCC1. The average molecular weight is 204 g/mol. The molecule has 0 amide bonds. The summed E-state index contributed by atoms with van der Waals surface area (Å²) in [6.07, 6.45) is 10.8. The Balaban J connectivity index is 2.34. The molecule has 0 heterocycles. The van der Waals surface area contributed by atoms with Crippen LogP contribution in [0, 0.1) is 0 Å². The minimum absolute atomic E-state index is 1.01. The molecule has 0 bridgehead atoms. The lowest BCUT2D eigenvalue weighted by molar-refractivity contribution is -0.105. The van der Waals surface area contributed by atoms with E-state index in [1.54, 1.807) is 0 Å². The van der Waals surface area contributed by atoms with Gasteiger partial charge in [0.05, 0.1) is 0 Å². The van der Waals surface area contributed by atoms with Crippen LogP contribution in [0.4, 0.5) is 0 Å². The molecule has 0 N–H and O–H groups in total. The highest BCUT2D eigenvalue weighted by atomic mass is 16.1. The molecule has 0 aliphatic heterocycles. The van der Waals surface area contributed by atoms with Crippen LogP contribution >= 0.6 is 0 Å². The molecule has 0 aromatic rings. The first-order chi connectivity index (χ1) is 7.33. The van der Waals surface area contributed by atoms with Gasteiger partial charge in [0.25, 0.3) is 0 Å². The summed E-state index contributed by atoms with van der Waals surface area (Å²) in [4.78, 5) is 11.0. The van der Waals surface area contributed by atoms with Gasteiger partial charge in [0, 0.05) is 0 Å². The highest BCUT2D eigenvalue weighted by Gasteiger charge is 2.19. The molecule has 2 rings (SSSR count). The van der Waals surface area contributed by atoms with Crippen LogP contribution < -0.4 is 0 Å². The molecule has 15 heavy (non-hydrogen) atoms. The average Bonchev–Trinajstić information content (AvgIpc) is 2.30. The van der Waals surface area contributed by atoms with E-state index in [-0.39, 0.29) is 0 Å². The first-order valence-corrected chi connectivity index (χ1v) is 6.19. The molecule has 0 unspecified atom stereocenters. The van der Waals surface area contributed by atoms with E-state index in [0.29, 0.717) is 0 Å². The van der Waals surface area contributed by atoms with Gasteiger partial charge in [0.15, 0.2) is 0 Å². The van der Waals surface area contributed by atoms with Crippen molar-refractivity contribution in [2.75, 3.05) is 0 Å². The van der Waals surface area contributed by atoms with Gasteiger partial charge in [0.2, 0.25) is 0 Å². The number of carbonyl (C=O) groups excluding carboxylic acids is 1. The van der Waals surface area contributed by atoms with Crippen molar-refractivity contribution in [2.45, 2.75) is 58.3 Å². The van der Waals surface area contributed by atoms with E-state index < -0.39 is 0 Å². The normalized spacial score (nSPS) is 23.3. The lowest BCUT2D eigenvalue weighted by Gasteiger charge is -2.24. The molecule has 0 atom stereocenters. The molecular weight excluding hydrogens is 184 g/mol. The number of carbonyl (C=O) groups is 1. The number of hydrogen-bond donors (Lipinski definition) is 0. The van der Waals surface area contributed by atoms with Crippen LogP contribution in [0.15, 0.2) is 22.3 Å². The molecule has 2 aliphatic rings. The molecule has 0 spiro atoms. The van der Waals surface area contributed by atoms with Gasteiger partial charge < -0.3 is 0 Å². The van der Waals surface area contributed by atoms with Crippen molar-refractivity contribution in [3.63, 3.8) is 0 Å². The zero-order valence-corrected chi connectivity index (χ0v) is 9.64. The zero-order chi connectivity index (χ0) is 10.7. The van der Waals surface area contributed by atoms with E-state index in [1.807, 2.05) is 0 Å². The van der Waals surface area contributed by atoms with Crippen molar-refractivity contribution in [3.05, 3.63) is 22.3 Å². The lowest BCUT2D eigenvalue weighted by atomic mass is 9.81. The summed E-state index contributed by atoms with van der Waals surface area (Å²) in [5.41, 5.74) is 5.58. The van der Waals surface area contributed by atoms with Gasteiger partial charge in [-0.1, -0.05) is 5.57 Å². The van der Waals surface area contributed by atoms with Crippen molar-refractivity contribution in [1.29, 1.82) is 0 Å². The first kappa shape index (κ1) is 10.7. The van der Waals surface area contributed by atoms with Gasteiger partial charge in [0.1, 0.15) is 6.29 Å². The molecule has 0 saturated heterocycles. The summed E-state index contributed by atoms with van der Waals surface area (Å²) in [7, 11) is 0. The molecule has 1 nitrogen and oxygen atoms in total. The van der Waals surface area contributed by atoms with Crippen LogP contribution in [0.25, 0.3) is 0 Å². The predicted octanol–water partition coefficient (Wildman–Crippen LogP) is 3.95. The van der Waals surface area contributed by atoms with Crippen LogP contribution in [-0.2, 0) is 4.79 Å². The second-order valence-electron chi connectivity index (χ2n) is 4.79. The minimum Gasteiger partial charge on any atom is -0.298 e. The smallest absolute Gasteiger partial charge is 0.146 e. The van der Waals surface area contributed by atoms with Crippen LogP contribution in [-0.4, -0.2) is 6.29 Å². The van der Waals surface area contributed by atoms with Crippen LogP contribution in [0.1, 0.15) is 58.3 Å². The van der Waals surface area contributed by atoms with Gasteiger partial charge in [-0.3, -0.25) is 4.79 Å². The largest absolute Gasteiger partial charge is 0.298 e. The molecule has 1 heteroatoms. The zero-order valence-electron chi connectivity index (χ0n) is 9.64. The molecule has 2 aliphatic carbocycles. The van der Waals surface area contributed by atoms with E-state index in [1.165, 1.54) is 55.2 Å². The van der Waals surface area contributed by atoms with E-state index in [2.05, 4.69) is 6.92 Å². The van der Waals surface area contributed by atoms with Crippen molar-refractivity contribution in [1.82, 2.24) is 0 Å². The van der Waals surface area contributed by atoms with Crippen molar-refractivity contribution in [2.24, 2.45) is 0 Å². The molecule has 0 aromatic carbocycles. The fourth-order valence-corrected chi connectivity index (χ4v) is 2.87. The van der Waals surface area contributed by atoms with Crippen LogP contribution in [0.2, 0.25) is 0 Å². The monoisotopic (exact) mass is 204 g/mol. The Morgan fingerprint density at radius 1 is 0.867 bits per heavy atom. The summed E-state index contributed by atoms with van der Waals surface area (Å²) in [5, 5.41) is 0. The first-order valence-electron chi connectivity index (χ1n) is 6.19. The highest BCUT2D eigenvalue weighted by molar-refractivity contribution is 5.76. The second kappa shape index (κ2) is 4.78. The summed E-state index contributed by atoms with van der Waals surface area (Å²) in [5.74, 6) is 0. The van der Waals surface area contributed by atoms with Crippen molar-refractivity contribution >= 4 is 6.29 Å². The molecule has 0 saturated carbocycles. The number of allylic oxidation sites excluding steroid dienone is 4. The summed E-state index contributed by atoms with van der Waals surface area (Å²) in [6, 6.07) is 0. The van der Waals surface area contributed by atoms with Gasteiger partial charge in [-0.05, 0) is 75.0 Å². The maximum Gasteiger partial charge on any atom is 0.146 e. The maximum absolute atomic E-state index is 11.0. The van der Waals surface area contributed by atoms with E-state index in [0.717, 1.165) is 24.7 Å². The van der Waals surface area contributed by atoms with Crippen molar-refractivity contribution in [3.8, 4) is 0 Å². The van der Waals surface area contributed by atoms with Gasteiger partial charge >= 0.3 is 0 Å². The van der Waals surface area contributed by atoms with Crippen LogP contribution in [0.5, 0.6) is 0 Å². The number of aldehydes is 1. The Kier molecular flexibility index (Phi) is 3.40. The van der Waals surface area contributed by atoms with E-state index in [9.17, 15) is 4.79 Å². The molecule has 0 fully saturated rings. The van der Waals surface area contributed by atoms with Crippen LogP contribution in [0.3, 0.4) is 0 Å². The Labute approximate surface area is 92.3 Å². The quantitative estimate of drug-likeness (QED) is 0.622. The van der Waals surface area contributed by atoms with Gasteiger partial charge in [-0.2, -0.15) is 0 Å². The third kappa shape index (κ3) is 2.22. The Morgan fingerprint density at radius 3 is 2.13 bits per heavy atom.